The molecule has 15 heavy (non-hydrogen) atoms. The van der Waals surface area contributed by atoms with Crippen LogP contribution in [0.1, 0.15) is 26.7 Å². The van der Waals surface area contributed by atoms with E-state index in [1.807, 2.05) is 20.9 Å². The summed E-state index contributed by atoms with van der Waals surface area (Å²) in [6.45, 7) is 4.50. The van der Waals surface area contributed by atoms with E-state index in [0.29, 0.717) is 6.54 Å². The summed E-state index contributed by atoms with van der Waals surface area (Å²) < 4.78 is 5.53. The number of nitrogens with two attached hydrogens (primary N) is 1. The Kier molecular flexibility index (Phi) is 6.17. The number of carbonyl (C=O) groups is 1. The number of hydrogen-bond donors (Lipinski definition) is 1. The fourth-order valence-corrected chi connectivity index (χ4v) is 1.54. The van der Waals surface area contributed by atoms with Gasteiger partial charge in [-0.3, -0.25) is 4.79 Å². The number of hydrogen-bond acceptors (Lipinski definition) is 3. The molecule has 0 saturated carbocycles. The Balaban J connectivity index is 0.00000196. The molecule has 90 valence electrons. The number of nitrogens with zero attached hydrogens (tertiary/aromatic N) is 1. The van der Waals surface area contributed by atoms with Crippen LogP contribution in [0.2, 0.25) is 0 Å². The number of ether oxygens (including phenoxy) is 1. The molecule has 4 nitrogen and oxygen atoms in total. The Morgan fingerprint density at radius 1 is 1.53 bits per heavy atom. The topological polar surface area (TPSA) is 55.6 Å². The van der Waals surface area contributed by atoms with Gasteiger partial charge in [0.1, 0.15) is 6.10 Å². The van der Waals surface area contributed by atoms with Crippen molar-refractivity contribution in [1.82, 2.24) is 4.90 Å². The number of rotatable bonds is 3. The fraction of sp³-hybridized carbons (Fsp3) is 0.900. The molecule has 0 radical (unpaired) electrons. The van der Waals surface area contributed by atoms with E-state index in [0.717, 1.165) is 12.8 Å². The van der Waals surface area contributed by atoms with Crippen LogP contribution in [-0.4, -0.2) is 42.6 Å². The predicted molar refractivity (Wildman–Crippen MR) is 62.1 cm³/mol. The molecule has 1 fully saturated rings. The van der Waals surface area contributed by atoms with Crippen molar-refractivity contribution < 1.29 is 9.53 Å². The highest BCUT2D eigenvalue weighted by atomic mass is 35.5. The van der Waals surface area contributed by atoms with Crippen molar-refractivity contribution in [2.24, 2.45) is 5.73 Å². The second-order valence-corrected chi connectivity index (χ2v) is 4.10. The fourth-order valence-electron chi connectivity index (χ4n) is 1.54. The lowest BCUT2D eigenvalue weighted by Crippen LogP contribution is -2.40. The smallest absolute Gasteiger partial charge is 0.251 e. The van der Waals surface area contributed by atoms with Crippen molar-refractivity contribution in [2.45, 2.75) is 44.9 Å². The Morgan fingerprint density at radius 2 is 2.13 bits per heavy atom. The van der Waals surface area contributed by atoms with Crippen LogP contribution in [0.4, 0.5) is 0 Å². The number of halogens is 1. The van der Waals surface area contributed by atoms with Crippen LogP contribution in [-0.2, 0) is 9.53 Å². The van der Waals surface area contributed by atoms with Crippen molar-refractivity contribution in [3.63, 3.8) is 0 Å². The van der Waals surface area contributed by atoms with Crippen LogP contribution in [0.3, 0.4) is 0 Å². The molecule has 0 aromatic rings. The highest BCUT2D eigenvalue weighted by Gasteiger charge is 2.32. The molecule has 1 saturated heterocycles. The maximum atomic E-state index is 11.8. The maximum Gasteiger partial charge on any atom is 0.251 e. The molecular formula is C10H21ClN2O2. The van der Waals surface area contributed by atoms with Crippen LogP contribution in [0.15, 0.2) is 0 Å². The van der Waals surface area contributed by atoms with E-state index in [2.05, 4.69) is 0 Å². The number of carbonyl (C=O) groups excluding carboxylic acids is 1. The lowest BCUT2D eigenvalue weighted by atomic mass is 10.1. The Morgan fingerprint density at radius 3 is 2.53 bits per heavy atom. The Labute approximate surface area is 97.5 Å². The molecule has 1 heterocycles. The van der Waals surface area contributed by atoms with Crippen LogP contribution < -0.4 is 5.73 Å². The first-order valence-corrected chi connectivity index (χ1v) is 5.18. The second-order valence-electron chi connectivity index (χ2n) is 4.10. The van der Waals surface area contributed by atoms with Gasteiger partial charge in [0.15, 0.2) is 0 Å². The van der Waals surface area contributed by atoms with E-state index in [4.69, 9.17) is 10.5 Å². The predicted octanol–water partition coefficient (Wildman–Crippen LogP) is 0.781. The van der Waals surface area contributed by atoms with Gasteiger partial charge < -0.3 is 15.4 Å². The van der Waals surface area contributed by atoms with Gasteiger partial charge in [-0.25, -0.2) is 0 Å². The quantitative estimate of drug-likeness (QED) is 0.788. The summed E-state index contributed by atoms with van der Waals surface area (Å²) in [5.41, 5.74) is 5.48. The summed E-state index contributed by atoms with van der Waals surface area (Å²) >= 11 is 0. The molecule has 5 heteroatoms. The standard InChI is InChI=1S/C10H20N2O2.ClH/c1-7(2)12(3)10(13)9-5-4-8(6-11)14-9;/h7-9H,4-6,11H2,1-3H3;1H/t8-,9+;/m1./s1. The van der Waals surface area contributed by atoms with Crippen LogP contribution in [0, 0.1) is 0 Å². The third-order valence-electron chi connectivity index (χ3n) is 2.77. The number of likely N-dealkylation sites (N-methyl/N-ethyl adjacent to an activating group) is 1. The maximum absolute atomic E-state index is 11.8. The normalized spacial score (nSPS) is 25.1. The van der Waals surface area contributed by atoms with Gasteiger partial charge in [0.25, 0.3) is 5.91 Å². The first-order valence-electron chi connectivity index (χ1n) is 5.18. The van der Waals surface area contributed by atoms with Crippen molar-refractivity contribution in [1.29, 1.82) is 0 Å². The van der Waals surface area contributed by atoms with Crippen molar-refractivity contribution in [2.75, 3.05) is 13.6 Å². The number of amides is 1. The van der Waals surface area contributed by atoms with Crippen molar-refractivity contribution in [3.05, 3.63) is 0 Å². The monoisotopic (exact) mass is 236 g/mol. The summed E-state index contributed by atoms with van der Waals surface area (Å²) in [6.07, 6.45) is 1.51. The van der Waals surface area contributed by atoms with E-state index in [-0.39, 0.29) is 36.6 Å². The summed E-state index contributed by atoms with van der Waals surface area (Å²) in [5, 5.41) is 0. The summed E-state index contributed by atoms with van der Waals surface area (Å²) in [7, 11) is 1.81. The molecule has 1 amide bonds. The first-order chi connectivity index (χ1) is 6.56. The van der Waals surface area contributed by atoms with Gasteiger partial charge in [-0.15, -0.1) is 12.4 Å². The highest BCUT2D eigenvalue weighted by Crippen LogP contribution is 2.20. The van der Waals surface area contributed by atoms with Crippen LogP contribution in [0.25, 0.3) is 0 Å². The van der Waals surface area contributed by atoms with E-state index in [1.165, 1.54) is 0 Å². The zero-order chi connectivity index (χ0) is 10.7. The lowest BCUT2D eigenvalue weighted by molar-refractivity contribution is -0.142. The van der Waals surface area contributed by atoms with E-state index in [1.54, 1.807) is 4.90 Å². The SMILES string of the molecule is CC(C)N(C)C(=O)[C@@H]1CC[C@H](CN)O1.Cl. The molecule has 0 unspecified atom stereocenters. The summed E-state index contributed by atoms with van der Waals surface area (Å²) in [5.74, 6) is 0.0796. The molecule has 0 aliphatic carbocycles. The first kappa shape index (κ1) is 14.7. The van der Waals surface area contributed by atoms with Gasteiger partial charge in [0.05, 0.1) is 6.10 Å². The molecule has 0 spiro atoms. The van der Waals surface area contributed by atoms with Gasteiger partial charge in [-0.2, -0.15) is 0 Å². The van der Waals surface area contributed by atoms with Gasteiger partial charge in [0.2, 0.25) is 0 Å². The van der Waals surface area contributed by atoms with Crippen molar-refractivity contribution in [3.8, 4) is 0 Å². The molecule has 1 aliphatic heterocycles. The third kappa shape index (κ3) is 3.63. The third-order valence-corrected chi connectivity index (χ3v) is 2.77. The minimum atomic E-state index is -0.268. The Hall–Kier alpha value is -0.320. The molecule has 0 bridgehead atoms. The molecular weight excluding hydrogens is 216 g/mol. The molecule has 0 aromatic heterocycles. The summed E-state index contributed by atoms with van der Waals surface area (Å²) in [6, 6.07) is 0.225. The minimum Gasteiger partial charge on any atom is -0.364 e. The lowest BCUT2D eigenvalue weighted by Gasteiger charge is -2.24. The van der Waals surface area contributed by atoms with Crippen LogP contribution >= 0.6 is 12.4 Å². The molecule has 1 aliphatic rings. The summed E-state index contributed by atoms with van der Waals surface area (Å²) in [4.78, 5) is 13.5. The van der Waals surface area contributed by atoms with Gasteiger partial charge in [-0.05, 0) is 26.7 Å². The average molecular weight is 237 g/mol. The molecule has 2 N–H and O–H groups in total. The molecule has 2 atom stereocenters. The van der Waals surface area contributed by atoms with Crippen molar-refractivity contribution >= 4 is 18.3 Å². The molecule has 1 rings (SSSR count). The minimum absolute atomic E-state index is 0. The van der Waals surface area contributed by atoms with Gasteiger partial charge in [0, 0.05) is 19.6 Å². The molecule has 0 aromatic carbocycles. The largest absolute Gasteiger partial charge is 0.364 e. The van der Waals surface area contributed by atoms with Crippen LogP contribution in [0.5, 0.6) is 0 Å². The van der Waals surface area contributed by atoms with E-state index in [9.17, 15) is 4.79 Å². The van der Waals surface area contributed by atoms with E-state index < -0.39 is 0 Å². The zero-order valence-corrected chi connectivity index (χ0v) is 10.4. The second kappa shape index (κ2) is 6.30. The van der Waals surface area contributed by atoms with E-state index >= 15 is 0 Å². The van der Waals surface area contributed by atoms with Gasteiger partial charge >= 0.3 is 0 Å². The zero-order valence-electron chi connectivity index (χ0n) is 9.60. The average Bonchev–Trinajstić information content (AvgIpc) is 2.63. The highest BCUT2D eigenvalue weighted by molar-refractivity contribution is 5.85. The Bertz CT molecular complexity index is 212. The van der Waals surface area contributed by atoms with Gasteiger partial charge in [-0.1, -0.05) is 0 Å².